The van der Waals surface area contributed by atoms with Gasteiger partial charge in [-0.2, -0.15) is 13.2 Å². The summed E-state index contributed by atoms with van der Waals surface area (Å²) in [5.41, 5.74) is 3.60. The molecule has 8 heteroatoms. The van der Waals surface area contributed by atoms with Gasteiger partial charge in [0.25, 0.3) is 11.8 Å². The Labute approximate surface area is 134 Å². The van der Waals surface area contributed by atoms with E-state index in [-0.39, 0.29) is 11.1 Å². The zero-order valence-corrected chi connectivity index (χ0v) is 12.2. The summed E-state index contributed by atoms with van der Waals surface area (Å²) in [5, 5.41) is 0.353. The molecule has 0 aliphatic heterocycles. The molecular formula is C15H10ClF3N2O2. The molecule has 0 bridgehead atoms. The van der Waals surface area contributed by atoms with Gasteiger partial charge >= 0.3 is 6.18 Å². The molecule has 2 N–H and O–H groups in total. The molecule has 0 fully saturated rings. The molecule has 0 spiro atoms. The fourth-order valence-electron chi connectivity index (χ4n) is 1.70. The predicted octanol–water partition coefficient (Wildman–Crippen LogP) is 3.43. The van der Waals surface area contributed by atoms with Crippen molar-refractivity contribution in [2.45, 2.75) is 6.18 Å². The Hall–Kier alpha value is -2.54. The zero-order valence-electron chi connectivity index (χ0n) is 11.4. The van der Waals surface area contributed by atoms with Crippen LogP contribution < -0.4 is 10.9 Å². The highest BCUT2D eigenvalue weighted by Crippen LogP contribution is 2.29. The molecule has 0 aliphatic rings. The first kappa shape index (κ1) is 16.8. The number of nitrogens with one attached hydrogen (secondary N) is 2. The maximum Gasteiger partial charge on any atom is 0.416 e. The van der Waals surface area contributed by atoms with Crippen molar-refractivity contribution in [3.05, 3.63) is 70.2 Å². The quantitative estimate of drug-likeness (QED) is 0.821. The van der Waals surface area contributed by atoms with E-state index in [4.69, 9.17) is 11.6 Å². The van der Waals surface area contributed by atoms with E-state index in [1.54, 1.807) is 12.1 Å². The van der Waals surface area contributed by atoms with Gasteiger partial charge in [-0.15, -0.1) is 0 Å². The van der Waals surface area contributed by atoms with E-state index in [0.29, 0.717) is 5.02 Å². The molecule has 2 aromatic carbocycles. The molecule has 0 unspecified atom stereocenters. The van der Waals surface area contributed by atoms with Crippen molar-refractivity contribution >= 4 is 23.4 Å². The third-order valence-electron chi connectivity index (χ3n) is 2.85. The lowest BCUT2D eigenvalue weighted by atomic mass is 10.1. The summed E-state index contributed by atoms with van der Waals surface area (Å²) < 4.78 is 37.3. The van der Waals surface area contributed by atoms with Crippen LogP contribution in [0, 0.1) is 0 Å². The number of alkyl halides is 3. The van der Waals surface area contributed by atoms with Gasteiger partial charge in [0.05, 0.1) is 5.56 Å². The van der Waals surface area contributed by atoms with E-state index in [1.807, 2.05) is 0 Å². The first-order valence-corrected chi connectivity index (χ1v) is 6.68. The van der Waals surface area contributed by atoms with Gasteiger partial charge in [0.1, 0.15) is 0 Å². The van der Waals surface area contributed by atoms with Crippen LogP contribution in [0.2, 0.25) is 5.02 Å². The molecule has 0 aromatic heterocycles. The SMILES string of the molecule is O=C(NNC(=O)c1cccc(Cl)c1)c1ccc(C(F)(F)F)cc1. The summed E-state index contributed by atoms with van der Waals surface area (Å²) in [6, 6.07) is 9.65. The number of hydrazine groups is 1. The lowest BCUT2D eigenvalue weighted by Crippen LogP contribution is -2.41. The molecule has 0 heterocycles. The molecule has 120 valence electrons. The maximum absolute atomic E-state index is 12.4. The van der Waals surface area contributed by atoms with Gasteiger partial charge in [-0.1, -0.05) is 17.7 Å². The van der Waals surface area contributed by atoms with Crippen LogP contribution >= 0.6 is 11.6 Å². The number of hydrogen-bond donors (Lipinski definition) is 2. The second kappa shape index (κ2) is 6.70. The van der Waals surface area contributed by atoms with Crippen LogP contribution in [0.15, 0.2) is 48.5 Å². The Kier molecular flexibility index (Phi) is 4.90. The van der Waals surface area contributed by atoms with Gasteiger partial charge in [0, 0.05) is 16.1 Å². The van der Waals surface area contributed by atoms with Crippen molar-refractivity contribution in [3.63, 3.8) is 0 Å². The number of rotatable bonds is 2. The first-order chi connectivity index (χ1) is 10.8. The molecule has 2 rings (SSSR count). The summed E-state index contributed by atoms with van der Waals surface area (Å²) in [7, 11) is 0. The minimum Gasteiger partial charge on any atom is -0.267 e. The first-order valence-electron chi connectivity index (χ1n) is 6.31. The number of benzene rings is 2. The second-order valence-electron chi connectivity index (χ2n) is 4.49. The molecule has 2 amide bonds. The Balaban J connectivity index is 1.98. The third-order valence-corrected chi connectivity index (χ3v) is 3.09. The zero-order chi connectivity index (χ0) is 17.0. The number of carbonyl (C=O) groups excluding carboxylic acids is 2. The van der Waals surface area contributed by atoms with Gasteiger partial charge in [-0.05, 0) is 42.5 Å². The largest absolute Gasteiger partial charge is 0.416 e. The van der Waals surface area contributed by atoms with Crippen LogP contribution in [0.3, 0.4) is 0 Å². The van der Waals surface area contributed by atoms with E-state index < -0.39 is 23.6 Å². The minimum atomic E-state index is -4.48. The van der Waals surface area contributed by atoms with Crippen molar-refractivity contribution in [1.29, 1.82) is 0 Å². The maximum atomic E-state index is 12.4. The summed E-state index contributed by atoms with van der Waals surface area (Å²) >= 11 is 5.74. The number of halogens is 4. The number of carbonyl (C=O) groups is 2. The molecule has 4 nitrogen and oxygen atoms in total. The van der Waals surface area contributed by atoms with Crippen molar-refractivity contribution in [2.24, 2.45) is 0 Å². The number of amides is 2. The summed E-state index contributed by atoms with van der Waals surface area (Å²) in [6.07, 6.45) is -4.48. The van der Waals surface area contributed by atoms with Crippen LogP contribution in [-0.2, 0) is 6.18 Å². The lowest BCUT2D eigenvalue weighted by Gasteiger charge is -2.09. The normalized spacial score (nSPS) is 11.0. The number of hydrogen-bond acceptors (Lipinski definition) is 2. The van der Waals surface area contributed by atoms with Gasteiger partial charge in [0.15, 0.2) is 0 Å². The van der Waals surface area contributed by atoms with Crippen LogP contribution in [0.4, 0.5) is 13.2 Å². The Morgan fingerprint density at radius 1 is 0.870 bits per heavy atom. The highest BCUT2D eigenvalue weighted by molar-refractivity contribution is 6.30. The lowest BCUT2D eigenvalue weighted by molar-refractivity contribution is -0.137. The Morgan fingerprint density at radius 2 is 1.43 bits per heavy atom. The molecule has 0 aliphatic carbocycles. The van der Waals surface area contributed by atoms with Crippen molar-refractivity contribution < 1.29 is 22.8 Å². The fraction of sp³-hybridized carbons (Fsp3) is 0.0667. The monoisotopic (exact) mass is 342 g/mol. The van der Waals surface area contributed by atoms with E-state index >= 15 is 0 Å². The Bertz CT molecular complexity index is 730. The molecule has 0 saturated heterocycles. The average molecular weight is 343 g/mol. The fourth-order valence-corrected chi connectivity index (χ4v) is 1.89. The standard InChI is InChI=1S/C15H10ClF3N2O2/c16-12-3-1-2-10(8-12)14(23)21-20-13(22)9-4-6-11(7-5-9)15(17,18)19/h1-8H,(H,20,22)(H,21,23). The predicted molar refractivity (Wildman–Crippen MR) is 77.8 cm³/mol. The van der Waals surface area contributed by atoms with Crippen molar-refractivity contribution in [3.8, 4) is 0 Å². The van der Waals surface area contributed by atoms with Gasteiger partial charge in [-0.25, -0.2) is 0 Å². The van der Waals surface area contributed by atoms with Crippen LogP contribution in [-0.4, -0.2) is 11.8 Å². The van der Waals surface area contributed by atoms with Gasteiger partial charge < -0.3 is 0 Å². The van der Waals surface area contributed by atoms with E-state index in [9.17, 15) is 22.8 Å². The Morgan fingerprint density at radius 3 is 1.96 bits per heavy atom. The van der Waals surface area contributed by atoms with E-state index in [1.165, 1.54) is 12.1 Å². The summed E-state index contributed by atoms with van der Waals surface area (Å²) in [6.45, 7) is 0. The van der Waals surface area contributed by atoms with Crippen LogP contribution in [0.25, 0.3) is 0 Å². The summed E-state index contributed by atoms with van der Waals surface area (Å²) in [5.74, 6) is -1.35. The molecule has 23 heavy (non-hydrogen) atoms. The smallest absolute Gasteiger partial charge is 0.267 e. The molecule has 2 aromatic rings. The minimum absolute atomic E-state index is 0.0237. The average Bonchev–Trinajstić information content (AvgIpc) is 2.51. The van der Waals surface area contributed by atoms with E-state index in [0.717, 1.165) is 24.3 Å². The van der Waals surface area contributed by atoms with Crippen LogP contribution in [0.1, 0.15) is 26.3 Å². The van der Waals surface area contributed by atoms with Gasteiger partial charge in [0.2, 0.25) is 0 Å². The molecule has 0 radical (unpaired) electrons. The molecule has 0 atom stereocenters. The van der Waals surface area contributed by atoms with Crippen molar-refractivity contribution in [2.75, 3.05) is 0 Å². The highest BCUT2D eigenvalue weighted by Gasteiger charge is 2.30. The topological polar surface area (TPSA) is 58.2 Å². The highest BCUT2D eigenvalue weighted by atomic mass is 35.5. The molecular weight excluding hydrogens is 333 g/mol. The molecule has 0 saturated carbocycles. The van der Waals surface area contributed by atoms with Crippen molar-refractivity contribution in [1.82, 2.24) is 10.9 Å². The second-order valence-corrected chi connectivity index (χ2v) is 4.93. The van der Waals surface area contributed by atoms with Gasteiger partial charge in [-0.3, -0.25) is 20.4 Å². The summed E-state index contributed by atoms with van der Waals surface area (Å²) in [4.78, 5) is 23.6. The third kappa shape index (κ3) is 4.46. The van der Waals surface area contributed by atoms with E-state index in [2.05, 4.69) is 10.9 Å². The van der Waals surface area contributed by atoms with Crippen LogP contribution in [0.5, 0.6) is 0 Å².